The zero-order valence-electron chi connectivity index (χ0n) is 8.75. The third-order valence-electron chi connectivity index (χ3n) is 2.57. The molecule has 0 spiro atoms. The highest BCUT2D eigenvalue weighted by molar-refractivity contribution is 5.74. The summed E-state index contributed by atoms with van der Waals surface area (Å²) in [6.45, 7) is 0.169. The molecule has 80 valence electrons. The van der Waals surface area contributed by atoms with Crippen LogP contribution in [0.3, 0.4) is 0 Å². The first-order valence-electron chi connectivity index (χ1n) is 5.09. The molecule has 0 unspecified atom stereocenters. The molecule has 0 fully saturated rings. The van der Waals surface area contributed by atoms with Crippen LogP contribution >= 0.6 is 0 Å². The van der Waals surface area contributed by atoms with Gasteiger partial charge in [-0.05, 0) is 30.9 Å². The van der Waals surface area contributed by atoms with Crippen molar-refractivity contribution in [3.8, 4) is 0 Å². The van der Waals surface area contributed by atoms with Crippen LogP contribution in [0.15, 0.2) is 12.1 Å². The summed E-state index contributed by atoms with van der Waals surface area (Å²) < 4.78 is 4.54. The van der Waals surface area contributed by atoms with E-state index in [0.717, 1.165) is 24.4 Å². The minimum atomic E-state index is -0.280. The van der Waals surface area contributed by atoms with E-state index in [1.165, 1.54) is 19.1 Å². The number of methoxy groups -OCH3 is 1. The zero-order valence-corrected chi connectivity index (χ0v) is 8.75. The van der Waals surface area contributed by atoms with Crippen LogP contribution in [0.1, 0.15) is 17.7 Å². The van der Waals surface area contributed by atoms with Crippen LogP contribution in [0, 0.1) is 0 Å². The standard InChI is InChI=1S/C11H14N2O2/c1-15-11(14)7-12-10-6-5-8-3-2-4-9(8)13-10/h5-6H,2-4,7H2,1H3,(H,12,13). The van der Waals surface area contributed by atoms with Gasteiger partial charge in [-0.1, -0.05) is 6.07 Å². The van der Waals surface area contributed by atoms with Crippen molar-refractivity contribution in [2.45, 2.75) is 19.3 Å². The lowest BCUT2D eigenvalue weighted by Gasteiger charge is -2.05. The van der Waals surface area contributed by atoms with E-state index in [1.807, 2.05) is 6.07 Å². The minimum absolute atomic E-state index is 0.169. The van der Waals surface area contributed by atoms with Crippen LogP contribution in [-0.4, -0.2) is 24.6 Å². The van der Waals surface area contributed by atoms with E-state index < -0.39 is 0 Å². The minimum Gasteiger partial charge on any atom is -0.468 e. The molecule has 0 aromatic carbocycles. The Kier molecular flexibility index (Phi) is 2.85. The summed E-state index contributed by atoms with van der Waals surface area (Å²) in [6.07, 6.45) is 3.35. The zero-order chi connectivity index (χ0) is 10.7. The molecule has 1 heterocycles. The van der Waals surface area contributed by atoms with Gasteiger partial charge in [-0.25, -0.2) is 4.98 Å². The van der Waals surface area contributed by atoms with Crippen LogP contribution in [0.2, 0.25) is 0 Å². The van der Waals surface area contributed by atoms with Gasteiger partial charge in [-0.15, -0.1) is 0 Å². The van der Waals surface area contributed by atoms with Crippen molar-refractivity contribution in [3.63, 3.8) is 0 Å². The molecule has 4 nitrogen and oxygen atoms in total. The molecule has 1 aliphatic carbocycles. The normalized spacial score (nSPS) is 13.4. The molecule has 1 aromatic rings. The van der Waals surface area contributed by atoms with Gasteiger partial charge in [0, 0.05) is 5.69 Å². The van der Waals surface area contributed by atoms with Gasteiger partial charge in [0.05, 0.1) is 7.11 Å². The van der Waals surface area contributed by atoms with Crippen molar-refractivity contribution < 1.29 is 9.53 Å². The number of anilines is 1. The second-order valence-corrected chi connectivity index (χ2v) is 3.59. The highest BCUT2D eigenvalue weighted by Crippen LogP contribution is 2.21. The predicted octanol–water partition coefficient (Wildman–Crippen LogP) is 1.16. The average Bonchev–Trinajstić information content (AvgIpc) is 2.72. The summed E-state index contributed by atoms with van der Waals surface area (Å²) in [7, 11) is 1.38. The fourth-order valence-corrected chi connectivity index (χ4v) is 1.75. The van der Waals surface area contributed by atoms with Gasteiger partial charge in [0.15, 0.2) is 0 Å². The maximum Gasteiger partial charge on any atom is 0.325 e. The van der Waals surface area contributed by atoms with Crippen LogP contribution in [-0.2, 0) is 22.4 Å². The van der Waals surface area contributed by atoms with Gasteiger partial charge < -0.3 is 10.1 Å². The summed E-state index contributed by atoms with van der Waals surface area (Å²) in [6, 6.07) is 3.99. The molecule has 1 aromatic heterocycles. The summed E-state index contributed by atoms with van der Waals surface area (Å²) in [5, 5.41) is 2.94. The Bertz CT molecular complexity index is 377. The molecule has 1 N–H and O–H groups in total. The number of hydrogen-bond donors (Lipinski definition) is 1. The monoisotopic (exact) mass is 206 g/mol. The summed E-state index contributed by atoms with van der Waals surface area (Å²) in [5.41, 5.74) is 2.49. The molecular formula is C11H14N2O2. The molecule has 0 atom stereocenters. The molecule has 0 aliphatic heterocycles. The maximum absolute atomic E-state index is 10.9. The SMILES string of the molecule is COC(=O)CNc1ccc2c(n1)CCC2. The largest absolute Gasteiger partial charge is 0.468 e. The second kappa shape index (κ2) is 4.29. The van der Waals surface area contributed by atoms with Crippen molar-refractivity contribution in [2.75, 3.05) is 19.0 Å². The summed E-state index contributed by atoms with van der Waals surface area (Å²) in [4.78, 5) is 15.3. The number of aromatic nitrogens is 1. The molecule has 15 heavy (non-hydrogen) atoms. The Morgan fingerprint density at radius 2 is 2.40 bits per heavy atom. The van der Waals surface area contributed by atoms with Gasteiger partial charge >= 0.3 is 5.97 Å². The predicted molar refractivity (Wildman–Crippen MR) is 56.8 cm³/mol. The number of rotatable bonds is 3. The Morgan fingerprint density at radius 1 is 1.53 bits per heavy atom. The number of ether oxygens (including phenoxy) is 1. The lowest BCUT2D eigenvalue weighted by molar-refractivity contribution is -0.138. The van der Waals surface area contributed by atoms with E-state index in [-0.39, 0.29) is 12.5 Å². The van der Waals surface area contributed by atoms with Crippen LogP contribution in [0.25, 0.3) is 0 Å². The van der Waals surface area contributed by atoms with Crippen molar-refractivity contribution in [1.29, 1.82) is 0 Å². The molecule has 1 aliphatic rings. The molecule has 0 saturated carbocycles. The van der Waals surface area contributed by atoms with E-state index in [2.05, 4.69) is 21.1 Å². The van der Waals surface area contributed by atoms with E-state index in [4.69, 9.17) is 0 Å². The molecule has 0 bridgehead atoms. The summed E-state index contributed by atoms with van der Waals surface area (Å²) >= 11 is 0. The van der Waals surface area contributed by atoms with Crippen LogP contribution < -0.4 is 5.32 Å². The van der Waals surface area contributed by atoms with Gasteiger partial charge in [0.1, 0.15) is 12.4 Å². The third kappa shape index (κ3) is 2.26. The number of hydrogen-bond acceptors (Lipinski definition) is 4. The first kappa shape index (κ1) is 9.96. The van der Waals surface area contributed by atoms with Gasteiger partial charge in [0.25, 0.3) is 0 Å². The lowest BCUT2D eigenvalue weighted by atomic mass is 10.2. The van der Waals surface area contributed by atoms with Crippen molar-refractivity contribution in [2.24, 2.45) is 0 Å². The van der Waals surface area contributed by atoms with E-state index >= 15 is 0 Å². The number of nitrogens with one attached hydrogen (secondary N) is 1. The average molecular weight is 206 g/mol. The molecule has 0 radical (unpaired) electrons. The van der Waals surface area contributed by atoms with Crippen molar-refractivity contribution in [1.82, 2.24) is 4.98 Å². The van der Waals surface area contributed by atoms with Gasteiger partial charge in [-0.3, -0.25) is 4.79 Å². The number of nitrogens with zero attached hydrogens (tertiary/aromatic N) is 1. The number of aryl methyl sites for hydroxylation is 2. The highest BCUT2D eigenvalue weighted by Gasteiger charge is 2.12. The quantitative estimate of drug-likeness (QED) is 0.754. The second-order valence-electron chi connectivity index (χ2n) is 3.59. The van der Waals surface area contributed by atoms with Gasteiger partial charge in [0.2, 0.25) is 0 Å². The molecular weight excluding hydrogens is 192 g/mol. The Balaban J connectivity index is 2.01. The Hall–Kier alpha value is -1.58. The van der Waals surface area contributed by atoms with E-state index in [0.29, 0.717) is 0 Å². The summed E-state index contributed by atoms with van der Waals surface area (Å²) in [5.74, 6) is 0.471. The van der Waals surface area contributed by atoms with E-state index in [9.17, 15) is 4.79 Å². The van der Waals surface area contributed by atoms with E-state index in [1.54, 1.807) is 0 Å². The lowest BCUT2D eigenvalue weighted by Crippen LogP contribution is -2.15. The fourth-order valence-electron chi connectivity index (χ4n) is 1.75. The fraction of sp³-hybridized carbons (Fsp3) is 0.455. The Morgan fingerprint density at radius 3 is 3.20 bits per heavy atom. The van der Waals surface area contributed by atoms with Crippen molar-refractivity contribution >= 4 is 11.8 Å². The smallest absolute Gasteiger partial charge is 0.325 e. The Labute approximate surface area is 88.7 Å². The van der Waals surface area contributed by atoms with Crippen LogP contribution in [0.5, 0.6) is 0 Å². The first-order valence-corrected chi connectivity index (χ1v) is 5.09. The molecule has 0 amide bonds. The van der Waals surface area contributed by atoms with Gasteiger partial charge in [-0.2, -0.15) is 0 Å². The molecule has 4 heteroatoms. The van der Waals surface area contributed by atoms with Crippen LogP contribution in [0.4, 0.5) is 5.82 Å². The topological polar surface area (TPSA) is 51.2 Å². The first-order chi connectivity index (χ1) is 7.29. The number of fused-ring (bicyclic) bond motifs is 1. The maximum atomic E-state index is 10.9. The number of carbonyl (C=O) groups excluding carboxylic acids is 1. The third-order valence-corrected chi connectivity index (χ3v) is 2.57. The highest BCUT2D eigenvalue weighted by atomic mass is 16.5. The number of carbonyl (C=O) groups is 1. The molecule has 0 saturated heterocycles. The number of pyridine rings is 1. The molecule has 2 rings (SSSR count). The number of esters is 1. The van der Waals surface area contributed by atoms with Crippen molar-refractivity contribution in [3.05, 3.63) is 23.4 Å².